The van der Waals surface area contributed by atoms with Crippen LogP contribution in [0.2, 0.25) is 0 Å². The van der Waals surface area contributed by atoms with Gasteiger partial charge in [-0.3, -0.25) is 4.79 Å². The van der Waals surface area contributed by atoms with Crippen molar-refractivity contribution < 1.29 is 22.8 Å². The number of carbonyl (C=O) groups excluding carboxylic acids is 1. The Bertz CT molecular complexity index is 688. The van der Waals surface area contributed by atoms with Crippen LogP contribution in [0.5, 0.6) is 5.75 Å². The van der Waals surface area contributed by atoms with Crippen molar-refractivity contribution in [3.8, 4) is 5.75 Å². The molecule has 1 aromatic heterocycles. The normalized spacial score (nSPS) is 17.7. The summed E-state index contributed by atoms with van der Waals surface area (Å²) in [5.74, 6) is 1.00. The lowest BCUT2D eigenvalue weighted by Gasteiger charge is -2.16. The average Bonchev–Trinajstić information content (AvgIpc) is 3.15. The summed E-state index contributed by atoms with van der Waals surface area (Å²) < 4.78 is 33.6. The standard InChI is InChI=1S/C15H15F2N3O3/c1-9-18-13(23-19-9)11-6-7-20(8-11)14(21)10-2-4-12(5-3-10)22-15(16)17/h2-5,11,15H,6-8H2,1H3. The fraction of sp³-hybridized carbons (Fsp3) is 0.400. The fourth-order valence-corrected chi connectivity index (χ4v) is 2.59. The monoisotopic (exact) mass is 323 g/mol. The molecular formula is C15H15F2N3O3. The first kappa shape index (κ1) is 15.4. The lowest BCUT2D eigenvalue weighted by molar-refractivity contribution is -0.0498. The lowest BCUT2D eigenvalue weighted by atomic mass is 10.1. The van der Waals surface area contributed by atoms with E-state index >= 15 is 0 Å². The molecule has 1 fully saturated rings. The summed E-state index contributed by atoms with van der Waals surface area (Å²) in [5, 5.41) is 3.76. The van der Waals surface area contributed by atoms with E-state index in [1.165, 1.54) is 24.3 Å². The predicted octanol–water partition coefficient (Wildman–Crippen LogP) is 2.61. The van der Waals surface area contributed by atoms with Crippen LogP contribution < -0.4 is 4.74 Å². The van der Waals surface area contributed by atoms with E-state index in [0.717, 1.165) is 6.42 Å². The molecule has 1 aliphatic heterocycles. The summed E-state index contributed by atoms with van der Waals surface area (Å²) in [4.78, 5) is 18.3. The number of benzene rings is 1. The van der Waals surface area contributed by atoms with Crippen LogP contribution in [-0.4, -0.2) is 40.6 Å². The number of aryl methyl sites for hydroxylation is 1. The number of hydrogen-bond donors (Lipinski definition) is 0. The van der Waals surface area contributed by atoms with Crippen molar-refractivity contribution >= 4 is 5.91 Å². The number of likely N-dealkylation sites (tertiary alicyclic amines) is 1. The number of ether oxygens (including phenoxy) is 1. The van der Waals surface area contributed by atoms with Gasteiger partial charge in [0.05, 0.1) is 5.92 Å². The zero-order valence-corrected chi connectivity index (χ0v) is 12.4. The molecule has 0 radical (unpaired) electrons. The van der Waals surface area contributed by atoms with Gasteiger partial charge in [-0.05, 0) is 37.6 Å². The number of carbonyl (C=O) groups is 1. The molecule has 1 aliphatic rings. The van der Waals surface area contributed by atoms with Gasteiger partial charge in [-0.25, -0.2) is 0 Å². The molecule has 3 rings (SSSR count). The fourth-order valence-electron chi connectivity index (χ4n) is 2.59. The van der Waals surface area contributed by atoms with Gasteiger partial charge in [0.25, 0.3) is 5.91 Å². The second kappa shape index (κ2) is 6.31. The second-order valence-corrected chi connectivity index (χ2v) is 5.32. The average molecular weight is 323 g/mol. The van der Waals surface area contributed by atoms with Gasteiger partial charge in [0, 0.05) is 18.7 Å². The molecular weight excluding hydrogens is 308 g/mol. The minimum atomic E-state index is -2.88. The molecule has 1 unspecified atom stereocenters. The minimum absolute atomic E-state index is 0.0252. The molecule has 2 heterocycles. The number of halogens is 2. The Hall–Kier alpha value is -2.51. The molecule has 1 atom stereocenters. The van der Waals surface area contributed by atoms with Crippen LogP contribution in [0.15, 0.2) is 28.8 Å². The zero-order valence-electron chi connectivity index (χ0n) is 12.4. The molecule has 0 N–H and O–H groups in total. The van der Waals surface area contributed by atoms with E-state index in [9.17, 15) is 13.6 Å². The summed E-state index contributed by atoms with van der Waals surface area (Å²) in [6.07, 6.45) is 0.750. The number of alkyl halides is 2. The summed E-state index contributed by atoms with van der Waals surface area (Å²) in [5.41, 5.74) is 0.425. The highest BCUT2D eigenvalue weighted by Gasteiger charge is 2.31. The van der Waals surface area contributed by atoms with Crippen molar-refractivity contribution in [2.24, 2.45) is 0 Å². The van der Waals surface area contributed by atoms with Gasteiger partial charge in [0.2, 0.25) is 5.89 Å². The topological polar surface area (TPSA) is 68.5 Å². The summed E-state index contributed by atoms with van der Waals surface area (Å²) in [7, 11) is 0. The maximum Gasteiger partial charge on any atom is 0.387 e. The molecule has 122 valence electrons. The van der Waals surface area contributed by atoms with Crippen molar-refractivity contribution in [1.82, 2.24) is 15.0 Å². The molecule has 1 amide bonds. The van der Waals surface area contributed by atoms with Gasteiger partial charge in [0.1, 0.15) is 5.75 Å². The van der Waals surface area contributed by atoms with Gasteiger partial charge < -0.3 is 14.2 Å². The predicted molar refractivity (Wildman–Crippen MR) is 75.4 cm³/mol. The van der Waals surface area contributed by atoms with Crippen molar-refractivity contribution in [1.29, 1.82) is 0 Å². The van der Waals surface area contributed by atoms with Crippen LogP contribution in [0.1, 0.15) is 34.4 Å². The number of amides is 1. The Balaban J connectivity index is 1.64. The van der Waals surface area contributed by atoms with Crippen LogP contribution >= 0.6 is 0 Å². The quantitative estimate of drug-likeness (QED) is 0.865. The molecule has 1 saturated heterocycles. The largest absolute Gasteiger partial charge is 0.435 e. The van der Waals surface area contributed by atoms with E-state index in [1.807, 2.05) is 0 Å². The molecule has 0 spiro atoms. The summed E-state index contributed by atoms with van der Waals surface area (Å²) in [6.45, 7) is -0.0575. The van der Waals surface area contributed by atoms with Gasteiger partial charge in [-0.1, -0.05) is 5.16 Å². The third-order valence-corrected chi connectivity index (χ3v) is 3.69. The molecule has 6 nitrogen and oxygen atoms in total. The SMILES string of the molecule is Cc1noc(C2CCN(C(=O)c3ccc(OC(F)F)cc3)C2)n1. The first-order valence-electron chi connectivity index (χ1n) is 7.17. The Morgan fingerprint density at radius 3 is 2.74 bits per heavy atom. The number of aromatic nitrogens is 2. The summed E-state index contributed by atoms with van der Waals surface area (Å²) in [6, 6.07) is 5.66. The summed E-state index contributed by atoms with van der Waals surface area (Å²) >= 11 is 0. The Labute approximate surface area is 131 Å². The first-order chi connectivity index (χ1) is 11.0. The van der Waals surface area contributed by atoms with Crippen LogP contribution in [0.25, 0.3) is 0 Å². The third-order valence-electron chi connectivity index (χ3n) is 3.69. The molecule has 23 heavy (non-hydrogen) atoms. The smallest absolute Gasteiger partial charge is 0.387 e. The van der Waals surface area contributed by atoms with E-state index in [1.54, 1.807) is 11.8 Å². The molecule has 2 aromatic rings. The van der Waals surface area contributed by atoms with Crippen molar-refractivity contribution in [3.05, 3.63) is 41.5 Å². The molecule has 0 bridgehead atoms. The maximum atomic E-state index is 12.4. The van der Waals surface area contributed by atoms with Crippen molar-refractivity contribution in [3.63, 3.8) is 0 Å². The third kappa shape index (κ3) is 3.46. The molecule has 1 aromatic carbocycles. The number of nitrogens with zero attached hydrogens (tertiary/aromatic N) is 3. The second-order valence-electron chi connectivity index (χ2n) is 5.32. The zero-order chi connectivity index (χ0) is 16.4. The van der Waals surface area contributed by atoms with Gasteiger partial charge in [-0.2, -0.15) is 13.8 Å². The van der Waals surface area contributed by atoms with Crippen LogP contribution in [0.3, 0.4) is 0 Å². The highest BCUT2D eigenvalue weighted by Crippen LogP contribution is 2.27. The van der Waals surface area contributed by atoms with Gasteiger partial charge in [0.15, 0.2) is 5.82 Å². The molecule has 0 aliphatic carbocycles. The van der Waals surface area contributed by atoms with E-state index in [2.05, 4.69) is 14.9 Å². The Morgan fingerprint density at radius 2 is 2.13 bits per heavy atom. The van der Waals surface area contributed by atoms with Crippen molar-refractivity contribution in [2.75, 3.05) is 13.1 Å². The Morgan fingerprint density at radius 1 is 1.39 bits per heavy atom. The van der Waals surface area contributed by atoms with E-state index in [4.69, 9.17) is 4.52 Å². The van der Waals surface area contributed by atoms with Crippen LogP contribution in [0, 0.1) is 6.92 Å². The highest BCUT2D eigenvalue weighted by atomic mass is 19.3. The van der Waals surface area contributed by atoms with Crippen LogP contribution in [0.4, 0.5) is 8.78 Å². The number of hydrogen-bond acceptors (Lipinski definition) is 5. The lowest BCUT2D eigenvalue weighted by Crippen LogP contribution is -2.28. The van der Waals surface area contributed by atoms with E-state index in [0.29, 0.717) is 30.4 Å². The van der Waals surface area contributed by atoms with Crippen molar-refractivity contribution in [2.45, 2.75) is 25.9 Å². The minimum Gasteiger partial charge on any atom is -0.435 e. The highest BCUT2D eigenvalue weighted by molar-refractivity contribution is 5.94. The number of rotatable bonds is 4. The van der Waals surface area contributed by atoms with Crippen LogP contribution in [-0.2, 0) is 0 Å². The van der Waals surface area contributed by atoms with E-state index in [-0.39, 0.29) is 17.6 Å². The first-order valence-corrected chi connectivity index (χ1v) is 7.17. The maximum absolute atomic E-state index is 12.4. The van der Waals surface area contributed by atoms with Gasteiger partial charge >= 0.3 is 6.61 Å². The molecule has 0 saturated carbocycles. The molecule has 8 heteroatoms. The van der Waals surface area contributed by atoms with E-state index < -0.39 is 6.61 Å². The Kier molecular flexibility index (Phi) is 4.22. The van der Waals surface area contributed by atoms with Gasteiger partial charge in [-0.15, -0.1) is 0 Å².